The lowest BCUT2D eigenvalue weighted by atomic mass is 10.1. The van der Waals surface area contributed by atoms with E-state index in [1.54, 1.807) is 36.4 Å². The normalized spacial score (nSPS) is 13.0. The number of hydrogen-bond acceptors (Lipinski definition) is 4. The Labute approximate surface area is 157 Å². The molecule has 0 aromatic heterocycles. The molecule has 2 N–H and O–H groups in total. The molecule has 0 unspecified atom stereocenters. The summed E-state index contributed by atoms with van der Waals surface area (Å²) in [4.78, 5) is 36.2. The van der Waals surface area contributed by atoms with E-state index in [4.69, 9.17) is 4.74 Å². The summed E-state index contributed by atoms with van der Waals surface area (Å²) in [6.07, 6.45) is 2.02. The van der Waals surface area contributed by atoms with E-state index in [2.05, 4.69) is 10.6 Å². The van der Waals surface area contributed by atoms with Gasteiger partial charge in [0.05, 0.1) is 5.56 Å². The summed E-state index contributed by atoms with van der Waals surface area (Å²) in [5.74, 6) is -1.17. The average Bonchev–Trinajstić information content (AvgIpc) is 3.46. The molecule has 1 fully saturated rings. The van der Waals surface area contributed by atoms with Crippen molar-refractivity contribution in [3.05, 3.63) is 64.7 Å². The molecule has 0 atom stereocenters. The molecule has 0 spiro atoms. The van der Waals surface area contributed by atoms with Gasteiger partial charge in [-0.3, -0.25) is 9.59 Å². The Morgan fingerprint density at radius 1 is 1.00 bits per heavy atom. The topological polar surface area (TPSA) is 84.5 Å². The molecule has 0 bridgehead atoms. The molecule has 3 rings (SSSR count). The van der Waals surface area contributed by atoms with Crippen molar-refractivity contribution < 1.29 is 19.1 Å². The predicted molar refractivity (Wildman–Crippen MR) is 102 cm³/mol. The highest BCUT2D eigenvalue weighted by Gasteiger charge is 2.23. The summed E-state index contributed by atoms with van der Waals surface area (Å²) in [7, 11) is 0. The summed E-state index contributed by atoms with van der Waals surface area (Å²) in [6.45, 7) is 3.46. The predicted octanol–water partition coefficient (Wildman–Crippen LogP) is 2.99. The quantitative estimate of drug-likeness (QED) is 0.770. The van der Waals surface area contributed by atoms with Crippen LogP contribution in [-0.2, 0) is 9.53 Å². The highest BCUT2D eigenvalue weighted by Crippen LogP contribution is 2.20. The highest BCUT2D eigenvalue weighted by molar-refractivity contribution is 5.98. The van der Waals surface area contributed by atoms with Gasteiger partial charge in [0.15, 0.2) is 6.61 Å². The minimum atomic E-state index is -0.550. The first-order valence-corrected chi connectivity index (χ1v) is 8.87. The van der Waals surface area contributed by atoms with Crippen LogP contribution in [0.15, 0.2) is 42.5 Å². The molecular formula is C21H22N2O4. The zero-order valence-electron chi connectivity index (χ0n) is 15.4. The lowest BCUT2D eigenvalue weighted by Gasteiger charge is -2.09. The summed E-state index contributed by atoms with van der Waals surface area (Å²) in [5, 5.41) is 5.53. The monoisotopic (exact) mass is 366 g/mol. The number of carbonyl (C=O) groups is 3. The van der Waals surface area contributed by atoms with Crippen LogP contribution in [0, 0.1) is 13.8 Å². The van der Waals surface area contributed by atoms with E-state index in [9.17, 15) is 14.4 Å². The standard InChI is InChI=1S/C21H22N2O4/c1-13-6-7-16(10-14(13)2)21(26)27-12-19(24)22-18-5-3-4-15(11-18)20(25)23-17-8-9-17/h3-7,10-11,17H,8-9,12H2,1-2H3,(H,22,24)(H,23,25). The second kappa shape index (κ2) is 8.03. The van der Waals surface area contributed by atoms with E-state index in [1.165, 1.54) is 0 Å². The Bertz CT molecular complexity index is 888. The van der Waals surface area contributed by atoms with Crippen molar-refractivity contribution in [1.29, 1.82) is 0 Å². The second-order valence-electron chi connectivity index (χ2n) is 6.75. The van der Waals surface area contributed by atoms with Crippen LogP contribution in [0.5, 0.6) is 0 Å². The van der Waals surface area contributed by atoms with Gasteiger partial charge in [0.25, 0.3) is 11.8 Å². The molecule has 27 heavy (non-hydrogen) atoms. The maximum atomic E-state index is 12.1. The number of benzene rings is 2. The van der Waals surface area contributed by atoms with Crippen LogP contribution in [-0.4, -0.2) is 30.4 Å². The van der Waals surface area contributed by atoms with Gasteiger partial charge in [-0.1, -0.05) is 12.1 Å². The number of anilines is 1. The van der Waals surface area contributed by atoms with Gasteiger partial charge in [-0.05, 0) is 68.1 Å². The Balaban J connectivity index is 1.53. The molecule has 6 nitrogen and oxygen atoms in total. The summed E-state index contributed by atoms with van der Waals surface area (Å²) < 4.78 is 5.07. The third kappa shape index (κ3) is 5.17. The van der Waals surface area contributed by atoms with Crippen LogP contribution in [0.2, 0.25) is 0 Å². The van der Waals surface area contributed by atoms with Crippen molar-refractivity contribution in [2.24, 2.45) is 0 Å². The molecular weight excluding hydrogens is 344 g/mol. The number of esters is 1. The average molecular weight is 366 g/mol. The SMILES string of the molecule is Cc1ccc(C(=O)OCC(=O)Nc2cccc(C(=O)NC3CC3)c2)cc1C. The third-order valence-corrected chi connectivity index (χ3v) is 4.40. The number of rotatable bonds is 6. The maximum absolute atomic E-state index is 12.1. The fourth-order valence-electron chi connectivity index (χ4n) is 2.51. The Hall–Kier alpha value is -3.15. The molecule has 2 aromatic carbocycles. The van der Waals surface area contributed by atoms with Gasteiger partial charge in [-0.25, -0.2) is 4.79 Å². The van der Waals surface area contributed by atoms with E-state index >= 15 is 0 Å². The Morgan fingerprint density at radius 3 is 2.48 bits per heavy atom. The summed E-state index contributed by atoms with van der Waals surface area (Å²) in [6, 6.07) is 12.2. The van der Waals surface area contributed by atoms with Crippen molar-refractivity contribution >= 4 is 23.5 Å². The minimum absolute atomic E-state index is 0.158. The van der Waals surface area contributed by atoms with Gasteiger partial charge >= 0.3 is 5.97 Å². The van der Waals surface area contributed by atoms with Crippen LogP contribution >= 0.6 is 0 Å². The largest absolute Gasteiger partial charge is 0.452 e. The van der Waals surface area contributed by atoms with Gasteiger partial charge < -0.3 is 15.4 Å². The van der Waals surface area contributed by atoms with E-state index in [0.717, 1.165) is 24.0 Å². The Kier molecular flexibility index (Phi) is 5.54. The lowest BCUT2D eigenvalue weighted by Crippen LogP contribution is -2.25. The summed E-state index contributed by atoms with van der Waals surface area (Å²) in [5.41, 5.74) is 3.42. The van der Waals surface area contributed by atoms with Gasteiger partial charge in [0.1, 0.15) is 0 Å². The van der Waals surface area contributed by atoms with Gasteiger partial charge in [0, 0.05) is 17.3 Å². The molecule has 140 valence electrons. The van der Waals surface area contributed by atoms with Gasteiger partial charge in [0.2, 0.25) is 0 Å². The van der Waals surface area contributed by atoms with E-state index in [0.29, 0.717) is 16.8 Å². The van der Waals surface area contributed by atoms with Gasteiger partial charge in [-0.2, -0.15) is 0 Å². The van der Waals surface area contributed by atoms with Crippen molar-refractivity contribution in [1.82, 2.24) is 5.32 Å². The minimum Gasteiger partial charge on any atom is -0.452 e. The molecule has 1 saturated carbocycles. The molecule has 2 amide bonds. The molecule has 0 heterocycles. The number of aryl methyl sites for hydroxylation is 2. The number of amides is 2. The van der Waals surface area contributed by atoms with Crippen molar-refractivity contribution in [2.45, 2.75) is 32.7 Å². The first-order chi connectivity index (χ1) is 12.9. The zero-order valence-corrected chi connectivity index (χ0v) is 15.4. The third-order valence-electron chi connectivity index (χ3n) is 4.40. The summed E-state index contributed by atoms with van der Waals surface area (Å²) >= 11 is 0. The first kappa shape index (κ1) is 18.6. The van der Waals surface area contributed by atoms with E-state index in [-0.39, 0.29) is 11.9 Å². The van der Waals surface area contributed by atoms with E-state index in [1.807, 2.05) is 19.9 Å². The van der Waals surface area contributed by atoms with Crippen LogP contribution in [0.4, 0.5) is 5.69 Å². The van der Waals surface area contributed by atoms with Crippen molar-refractivity contribution in [2.75, 3.05) is 11.9 Å². The lowest BCUT2D eigenvalue weighted by molar-refractivity contribution is -0.119. The van der Waals surface area contributed by atoms with Crippen molar-refractivity contribution in [3.8, 4) is 0 Å². The molecule has 1 aliphatic rings. The molecule has 2 aromatic rings. The first-order valence-electron chi connectivity index (χ1n) is 8.87. The number of ether oxygens (including phenoxy) is 1. The fraction of sp³-hybridized carbons (Fsp3) is 0.286. The van der Waals surface area contributed by atoms with Crippen LogP contribution in [0.3, 0.4) is 0 Å². The van der Waals surface area contributed by atoms with Crippen LogP contribution < -0.4 is 10.6 Å². The molecule has 6 heteroatoms. The van der Waals surface area contributed by atoms with Crippen molar-refractivity contribution in [3.63, 3.8) is 0 Å². The number of carbonyl (C=O) groups excluding carboxylic acids is 3. The second-order valence-corrected chi connectivity index (χ2v) is 6.75. The molecule has 0 radical (unpaired) electrons. The smallest absolute Gasteiger partial charge is 0.338 e. The zero-order chi connectivity index (χ0) is 19.4. The van der Waals surface area contributed by atoms with E-state index < -0.39 is 18.5 Å². The van der Waals surface area contributed by atoms with Crippen LogP contribution in [0.25, 0.3) is 0 Å². The molecule has 1 aliphatic carbocycles. The maximum Gasteiger partial charge on any atom is 0.338 e. The van der Waals surface area contributed by atoms with Gasteiger partial charge in [-0.15, -0.1) is 0 Å². The molecule has 0 aliphatic heterocycles. The molecule has 0 saturated heterocycles. The highest BCUT2D eigenvalue weighted by atomic mass is 16.5. The number of nitrogens with one attached hydrogen (secondary N) is 2. The van der Waals surface area contributed by atoms with Crippen LogP contribution in [0.1, 0.15) is 44.7 Å². The fourth-order valence-corrected chi connectivity index (χ4v) is 2.51. The Morgan fingerprint density at radius 2 is 1.78 bits per heavy atom. The number of hydrogen-bond donors (Lipinski definition) is 2.